The van der Waals surface area contributed by atoms with Crippen LogP contribution in [0.5, 0.6) is 0 Å². The molecule has 0 heterocycles. The van der Waals surface area contributed by atoms with Gasteiger partial charge in [0.15, 0.2) is 0 Å². The normalized spacial score (nSPS) is 10.8. The number of rotatable bonds is 8. The van der Waals surface area contributed by atoms with Gasteiger partial charge in [0.2, 0.25) is 0 Å². The van der Waals surface area contributed by atoms with Crippen LogP contribution in [-0.4, -0.2) is 36.4 Å². The Labute approximate surface area is 82.2 Å². The minimum Gasteiger partial charge on any atom is -0.393 e. The van der Waals surface area contributed by atoms with Crippen LogP contribution >= 0.6 is 7.26 Å². The van der Waals surface area contributed by atoms with Crippen molar-refractivity contribution in [2.75, 3.05) is 31.3 Å². The van der Waals surface area contributed by atoms with Crippen LogP contribution in [0.15, 0.2) is 38.0 Å². The summed E-state index contributed by atoms with van der Waals surface area (Å²) in [5.41, 5.74) is 0. The predicted octanol–water partition coefficient (Wildman–Crippen LogP) is 2.55. The summed E-state index contributed by atoms with van der Waals surface area (Å²) < 4.78 is 0. The number of aliphatic hydroxyl groups excluding tert-OH is 1. The van der Waals surface area contributed by atoms with Crippen LogP contribution in [0.3, 0.4) is 0 Å². The second-order valence-electron chi connectivity index (χ2n) is 3.20. The minimum atomic E-state index is -1.10. The van der Waals surface area contributed by atoms with E-state index in [9.17, 15) is 0 Å². The molecule has 0 radical (unpaired) electrons. The quantitative estimate of drug-likeness (QED) is 0.470. The predicted molar refractivity (Wildman–Crippen MR) is 64.1 cm³/mol. The Morgan fingerprint density at radius 1 is 0.923 bits per heavy atom. The molecule has 0 aliphatic carbocycles. The maximum atomic E-state index is 9.01. The first kappa shape index (κ1) is 12.6. The zero-order chi connectivity index (χ0) is 10.2. The van der Waals surface area contributed by atoms with Gasteiger partial charge in [0.1, 0.15) is 0 Å². The first-order valence-corrected chi connectivity index (χ1v) is 7.06. The fourth-order valence-corrected chi connectivity index (χ4v) is 4.59. The van der Waals surface area contributed by atoms with Gasteiger partial charge in [-0.05, 0) is 0 Å². The molecule has 2 heteroatoms. The van der Waals surface area contributed by atoms with Gasteiger partial charge in [-0.2, -0.15) is 0 Å². The summed E-state index contributed by atoms with van der Waals surface area (Å²) in [6.07, 6.45) is 9.82. The lowest BCUT2D eigenvalue weighted by molar-refractivity contribution is 0.321. The molecule has 0 aliphatic rings. The van der Waals surface area contributed by atoms with Crippen molar-refractivity contribution in [1.82, 2.24) is 0 Å². The summed E-state index contributed by atoms with van der Waals surface area (Å²) in [5, 5.41) is 9.01. The van der Waals surface area contributed by atoms with Crippen LogP contribution in [0.1, 0.15) is 0 Å². The second kappa shape index (κ2) is 7.06. The molecule has 0 atom stereocenters. The van der Waals surface area contributed by atoms with E-state index in [-0.39, 0.29) is 6.61 Å². The Balaban J connectivity index is 4.44. The summed E-state index contributed by atoms with van der Waals surface area (Å²) in [5.74, 6) is 0. The molecule has 0 bridgehead atoms. The summed E-state index contributed by atoms with van der Waals surface area (Å²) in [4.78, 5) is 0. The van der Waals surface area contributed by atoms with E-state index in [4.69, 9.17) is 5.11 Å². The smallest absolute Gasteiger partial charge is 0.0834 e. The van der Waals surface area contributed by atoms with Crippen molar-refractivity contribution in [3.8, 4) is 0 Å². The van der Waals surface area contributed by atoms with Gasteiger partial charge in [0, 0.05) is 7.26 Å². The Hall–Kier alpha value is -0.390. The van der Waals surface area contributed by atoms with Crippen molar-refractivity contribution in [3.05, 3.63) is 38.0 Å². The van der Waals surface area contributed by atoms with Gasteiger partial charge in [0.25, 0.3) is 0 Å². The second-order valence-corrected chi connectivity index (χ2v) is 7.43. The lowest BCUT2D eigenvalue weighted by Gasteiger charge is -2.22. The average Bonchev–Trinajstić information content (AvgIpc) is 2.06. The van der Waals surface area contributed by atoms with Gasteiger partial charge in [-0.15, -0.1) is 0 Å². The van der Waals surface area contributed by atoms with Crippen molar-refractivity contribution in [1.29, 1.82) is 0 Å². The van der Waals surface area contributed by atoms with E-state index in [0.717, 1.165) is 24.6 Å². The molecule has 1 nitrogen and oxygen atoms in total. The van der Waals surface area contributed by atoms with E-state index in [2.05, 4.69) is 19.7 Å². The highest BCUT2D eigenvalue weighted by atomic mass is 31.2. The van der Waals surface area contributed by atoms with E-state index in [1.54, 1.807) is 0 Å². The third-order valence-corrected chi connectivity index (χ3v) is 6.37. The van der Waals surface area contributed by atoms with Crippen molar-refractivity contribution in [2.45, 2.75) is 0 Å². The average molecular weight is 199 g/mol. The van der Waals surface area contributed by atoms with Crippen molar-refractivity contribution in [2.24, 2.45) is 0 Å². The van der Waals surface area contributed by atoms with Gasteiger partial charge in [-0.25, -0.2) is 0 Å². The molecule has 0 rings (SSSR count). The molecule has 0 unspecified atom stereocenters. The molecule has 0 saturated heterocycles. The molecule has 1 N–H and O–H groups in total. The van der Waals surface area contributed by atoms with Crippen molar-refractivity contribution in [3.63, 3.8) is 0 Å². The standard InChI is InChI=1S/C11H20OP/c1-4-8-13(9-5-2,10-6-3)11-7-12/h4-6,12H,1-3,7-11H2/q+1. The first-order chi connectivity index (χ1) is 6.24. The van der Waals surface area contributed by atoms with E-state index >= 15 is 0 Å². The Kier molecular flexibility index (Phi) is 6.84. The summed E-state index contributed by atoms with van der Waals surface area (Å²) in [6, 6.07) is 0. The van der Waals surface area contributed by atoms with Crippen LogP contribution in [0.25, 0.3) is 0 Å². The van der Waals surface area contributed by atoms with Gasteiger partial charge < -0.3 is 5.11 Å². The summed E-state index contributed by atoms with van der Waals surface area (Å²) >= 11 is 0. The highest BCUT2D eigenvalue weighted by Crippen LogP contribution is 2.58. The van der Waals surface area contributed by atoms with E-state index in [1.807, 2.05) is 18.2 Å². The third kappa shape index (κ3) is 4.40. The monoisotopic (exact) mass is 199 g/mol. The number of hydrogen-bond acceptors (Lipinski definition) is 1. The Morgan fingerprint density at radius 3 is 1.54 bits per heavy atom. The zero-order valence-corrected chi connectivity index (χ0v) is 9.18. The molecule has 74 valence electrons. The molecule has 0 aromatic rings. The molecular formula is C11H20OP+. The molecule has 0 aliphatic heterocycles. The molecule has 0 amide bonds. The lowest BCUT2D eigenvalue weighted by Crippen LogP contribution is -2.11. The third-order valence-electron chi connectivity index (χ3n) is 2.12. The van der Waals surface area contributed by atoms with Gasteiger partial charge in [-0.1, -0.05) is 38.0 Å². The largest absolute Gasteiger partial charge is 0.393 e. The summed E-state index contributed by atoms with van der Waals surface area (Å²) in [6.45, 7) is 11.6. The highest BCUT2D eigenvalue weighted by molar-refractivity contribution is 7.76. The molecule has 13 heavy (non-hydrogen) atoms. The number of allylic oxidation sites excluding steroid dienone is 3. The fourth-order valence-electron chi connectivity index (χ4n) is 1.53. The van der Waals surface area contributed by atoms with E-state index in [0.29, 0.717) is 0 Å². The topological polar surface area (TPSA) is 20.2 Å². The molecule has 0 aromatic carbocycles. The van der Waals surface area contributed by atoms with Crippen molar-refractivity contribution < 1.29 is 5.11 Å². The molecule has 0 spiro atoms. The van der Waals surface area contributed by atoms with Gasteiger partial charge in [0.05, 0.1) is 31.3 Å². The van der Waals surface area contributed by atoms with Crippen molar-refractivity contribution >= 4 is 7.26 Å². The number of hydrogen-bond donors (Lipinski definition) is 1. The molecule has 0 aromatic heterocycles. The fraction of sp³-hybridized carbons (Fsp3) is 0.455. The van der Waals surface area contributed by atoms with E-state index < -0.39 is 7.26 Å². The maximum Gasteiger partial charge on any atom is 0.0834 e. The lowest BCUT2D eigenvalue weighted by atomic mass is 10.7. The SMILES string of the molecule is C=CC[P+](CC=C)(CC=C)CCO. The maximum absolute atomic E-state index is 9.01. The minimum absolute atomic E-state index is 0.267. The van der Waals surface area contributed by atoms with Crippen LogP contribution < -0.4 is 0 Å². The first-order valence-electron chi connectivity index (χ1n) is 4.53. The highest BCUT2D eigenvalue weighted by Gasteiger charge is 2.32. The van der Waals surface area contributed by atoms with E-state index in [1.165, 1.54) is 0 Å². The number of aliphatic hydroxyl groups is 1. The Morgan fingerprint density at radius 2 is 1.31 bits per heavy atom. The van der Waals surface area contributed by atoms with Gasteiger partial charge >= 0.3 is 0 Å². The molecular weight excluding hydrogens is 179 g/mol. The van der Waals surface area contributed by atoms with Crippen LogP contribution in [0, 0.1) is 0 Å². The van der Waals surface area contributed by atoms with Gasteiger partial charge in [-0.3, -0.25) is 0 Å². The molecule has 0 fully saturated rings. The Bertz CT molecular complexity index is 148. The van der Waals surface area contributed by atoms with Crippen LogP contribution in [-0.2, 0) is 0 Å². The van der Waals surface area contributed by atoms with Crippen LogP contribution in [0.2, 0.25) is 0 Å². The molecule has 0 saturated carbocycles. The zero-order valence-electron chi connectivity index (χ0n) is 8.28. The summed E-state index contributed by atoms with van der Waals surface area (Å²) in [7, 11) is -1.10. The van der Waals surface area contributed by atoms with Crippen LogP contribution in [0.4, 0.5) is 0 Å².